The summed E-state index contributed by atoms with van der Waals surface area (Å²) in [6, 6.07) is 10.6. The highest BCUT2D eigenvalue weighted by atomic mass is 19.1. The van der Waals surface area contributed by atoms with Crippen molar-refractivity contribution in [3.63, 3.8) is 0 Å². The van der Waals surface area contributed by atoms with Crippen LogP contribution in [0.25, 0.3) is 11.8 Å². The number of aromatic nitrogens is 2. The molecular weight excluding hydrogens is 338 g/mol. The molecule has 0 saturated carbocycles. The van der Waals surface area contributed by atoms with Gasteiger partial charge in [0.1, 0.15) is 30.1 Å². The zero-order valence-corrected chi connectivity index (χ0v) is 14.1. The standard InChI is InChI=1S/C20H16F2N2O2/c1-3-16-19(26-11-14-8-9-15(21)10-17(14)22)23-12-24(20(16)25)18-7-5-4-6-13(18)2/h3-10,12H,1,11H2,2H3. The fourth-order valence-electron chi connectivity index (χ4n) is 2.53. The van der Waals surface area contributed by atoms with Gasteiger partial charge < -0.3 is 4.74 Å². The Kier molecular flexibility index (Phi) is 4.93. The summed E-state index contributed by atoms with van der Waals surface area (Å²) >= 11 is 0. The van der Waals surface area contributed by atoms with Crippen molar-refractivity contribution in [2.45, 2.75) is 13.5 Å². The van der Waals surface area contributed by atoms with Crippen LogP contribution in [0, 0.1) is 18.6 Å². The predicted octanol–water partition coefficient (Wildman–Crippen LogP) is 4.04. The molecule has 1 aromatic heterocycles. The Morgan fingerprint density at radius 2 is 2.00 bits per heavy atom. The molecule has 1 heterocycles. The van der Waals surface area contributed by atoms with Crippen LogP contribution in [-0.4, -0.2) is 9.55 Å². The maximum absolute atomic E-state index is 13.7. The molecule has 0 radical (unpaired) electrons. The van der Waals surface area contributed by atoms with Gasteiger partial charge in [-0.2, -0.15) is 0 Å². The Morgan fingerprint density at radius 1 is 1.23 bits per heavy atom. The van der Waals surface area contributed by atoms with E-state index in [2.05, 4.69) is 11.6 Å². The molecule has 0 atom stereocenters. The van der Waals surface area contributed by atoms with Crippen LogP contribution in [0.5, 0.6) is 5.88 Å². The van der Waals surface area contributed by atoms with Gasteiger partial charge in [0.2, 0.25) is 5.88 Å². The molecule has 0 aliphatic rings. The highest BCUT2D eigenvalue weighted by Gasteiger charge is 2.13. The summed E-state index contributed by atoms with van der Waals surface area (Å²) < 4.78 is 33.6. The van der Waals surface area contributed by atoms with Crippen LogP contribution in [-0.2, 0) is 6.61 Å². The van der Waals surface area contributed by atoms with Gasteiger partial charge in [-0.1, -0.05) is 30.9 Å². The number of benzene rings is 2. The quantitative estimate of drug-likeness (QED) is 0.695. The molecule has 6 heteroatoms. The molecule has 132 valence electrons. The molecule has 0 fully saturated rings. The molecule has 0 unspecified atom stereocenters. The monoisotopic (exact) mass is 354 g/mol. The lowest BCUT2D eigenvalue weighted by molar-refractivity contribution is 0.285. The van der Waals surface area contributed by atoms with Crippen LogP contribution >= 0.6 is 0 Å². The Labute approximate surface area is 149 Å². The van der Waals surface area contributed by atoms with Crippen molar-refractivity contribution in [3.05, 3.63) is 94.0 Å². The number of ether oxygens (including phenoxy) is 1. The fraction of sp³-hybridized carbons (Fsp3) is 0.100. The van der Waals surface area contributed by atoms with E-state index in [4.69, 9.17) is 4.74 Å². The Hall–Kier alpha value is -3.28. The first-order valence-corrected chi connectivity index (χ1v) is 7.88. The van der Waals surface area contributed by atoms with E-state index >= 15 is 0 Å². The van der Waals surface area contributed by atoms with Gasteiger partial charge in [0.15, 0.2) is 0 Å². The van der Waals surface area contributed by atoms with Crippen molar-refractivity contribution >= 4 is 6.08 Å². The smallest absolute Gasteiger partial charge is 0.269 e. The molecule has 0 aliphatic heterocycles. The maximum atomic E-state index is 13.7. The number of para-hydroxylation sites is 1. The van der Waals surface area contributed by atoms with Gasteiger partial charge in [0.25, 0.3) is 5.56 Å². The fourth-order valence-corrected chi connectivity index (χ4v) is 2.53. The molecule has 4 nitrogen and oxygen atoms in total. The Balaban J connectivity index is 1.94. The van der Waals surface area contributed by atoms with E-state index < -0.39 is 11.6 Å². The van der Waals surface area contributed by atoms with E-state index in [1.165, 1.54) is 23.0 Å². The van der Waals surface area contributed by atoms with Crippen LogP contribution in [0.2, 0.25) is 0 Å². The second kappa shape index (κ2) is 7.31. The van der Waals surface area contributed by atoms with E-state index in [9.17, 15) is 13.6 Å². The van der Waals surface area contributed by atoms with E-state index in [0.29, 0.717) is 5.69 Å². The average molecular weight is 354 g/mol. The third kappa shape index (κ3) is 3.39. The highest BCUT2D eigenvalue weighted by molar-refractivity contribution is 5.53. The van der Waals surface area contributed by atoms with Crippen LogP contribution in [0.4, 0.5) is 8.78 Å². The maximum Gasteiger partial charge on any atom is 0.269 e. The van der Waals surface area contributed by atoms with Crippen molar-refractivity contribution in [3.8, 4) is 11.6 Å². The number of nitrogens with zero attached hydrogens (tertiary/aromatic N) is 2. The Bertz CT molecular complexity index is 1030. The molecule has 26 heavy (non-hydrogen) atoms. The van der Waals surface area contributed by atoms with E-state index in [0.717, 1.165) is 17.7 Å². The first-order valence-electron chi connectivity index (χ1n) is 7.88. The summed E-state index contributed by atoms with van der Waals surface area (Å²) in [5.41, 5.74) is 1.58. The molecule has 2 aromatic carbocycles. The van der Waals surface area contributed by atoms with E-state index in [1.807, 2.05) is 25.1 Å². The zero-order chi connectivity index (χ0) is 18.7. The number of halogens is 2. The van der Waals surface area contributed by atoms with Crippen molar-refractivity contribution in [1.82, 2.24) is 9.55 Å². The van der Waals surface area contributed by atoms with Crippen molar-refractivity contribution in [1.29, 1.82) is 0 Å². The van der Waals surface area contributed by atoms with Gasteiger partial charge in [0.05, 0.1) is 5.69 Å². The van der Waals surface area contributed by atoms with Gasteiger partial charge in [-0.15, -0.1) is 0 Å². The molecule has 3 aromatic rings. The van der Waals surface area contributed by atoms with Crippen molar-refractivity contribution in [2.24, 2.45) is 0 Å². The predicted molar refractivity (Wildman–Crippen MR) is 95.4 cm³/mol. The lowest BCUT2D eigenvalue weighted by atomic mass is 10.2. The first-order chi connectivity index (χ1) is 12.5. The summed E-state index contributed by atoms with van der Waals surface area (Å²) in [6.45, 7) is 5.34. The van der Waals surface area contributed by atoms with E-state index in [1.54, 1.807) is 6.07 Å². The second-order valence-corrected chi connectivity index (χ2v) is 5.65. The van der Waals surface area contributed by atoms with Gasteiger partial charge >= 0.3 is 0 Å². The third-order valence-electron chi connectivity index (χ3n) is 3.93. The molecule has 0 spiro atoms. The minimum atomic E-state index is -0.724. The molecule has 3 rings (SSSR count). The summed E-state index contributed by atoms with van der Waals surface area (Å²) in [5, 5.41) is 0. The summed E-state index contributed by atoms with van der Waals surface area (Å²) in [4.78, 5) is 16.9. The molecule has 0 bridgehead atoms. The number of hydrogen-bond donors (Lipinski definition) is 0. The van der Waals surface area contributed by atoms with Crippen LogP contribution < -0.4 is 10.3 Å². The molecule has 0 N–H and O–H groups in total. The molecule has 0 aliphatic carbocycles. The normalized spacial score (nSPS) is 10.6. The third-order valence-corrected chi connectivity index (χ3v) is 3.93. The van der Waals surface area contributed by atoms with E-state index in [-0.39, 0.29) is 29.2 Å². The van der Waals surface area contributed by atoms with Gasteiger partial charge in [-0.3, -0.25) is 9.36 Å². The number of rotatable bonds is 5. The van der Waals surface area contributed by atoms with Gasteiger partial charge in [-0.05, 0) is 30.7 Å². The SMILES string of the molecule is C=Cc1c(OCc2ccc(F)cc2F)ncn(-c2ccccc2C)c1=O. The average Bonchev–Trinajstić information content (AvgIpc) is 2.62. The van der Waals surface area contributed by atoms with Crippen LogP contribution in [0.1, 0.15) is 16.7 Å². The highest BCUT2D eigenvalue weighted by Crippen LogP contribution is 2.18. The summed E-state index contributed by atoms with van der Waals surface area (Å²) in [7, 11) is 0. The molecule has 0 amide bonds. The minimum Gasteiger partial charge on any atom is -0.472 e. The topological polar surface area (TPSA) is 44.1 Å². The van der Waals surface area contributed by atoms with Crippen molar-refractivity contribution < 1.29 is 13.5 Å². The number of aryl methyl sites for hydroxylation is 1. The van der Waals surface area contributed by atoms with Crippen LogP contribution in [0.3, 0.4) is 0 Å². The zero-order valence-electron chi connectivity index (χ0n) is 14.1. The van der Waals surface area contributed by atoms with Gasteiger partial charge in [0, 0.05) is 11.6 Å². The lowest BCUT2D eigenvalue weighted by Gasteiger charge is -2.13. The van der Waals surface area contributed by atoms with Gasteiger partial charge in [-0.25, -0.2) is 13.8 Å². The first kappa shape index (κ1) is 17.5. The molecule has 0 saturated heterocycles. The largest absolute Gasteiger partial charge is 0.472 e. The second-order valence-electron chi connectivity index (χ2n) is 5.65. The number of hydrogen-bond acceptors (Lipinski definition) is 3. The van der Waals surface area contributed by atoms with Crippen LogP contribution in [0.15, 0.2) is 60.2 Å². The Morgan fingerprint density at radius 3 is 2.69 bits per heavy atom. The van der Waals surface area contributed by atoms with Crippen molar-refractivity contribution in [2.75, 3.05) is 0 Å². The summed E-state index contributed by atoms with van der Waals surface area (Å²) in [6.07, 6.45) is 2.70. The lowest BCUT2D eigenvalue weighted by Crippen LogP contribution is -2.23. The molecular formula is C20H16F2N2O2. The minimum absolute atomic E-state index is 0.0403. The summed E-state index contributed by atoms with van der Waals surface area (Å²) in [5.74, 6) is -1.35.